The summed E-state index contributed by atoms with van der Waals surface area (Å²) in [4.78, 5) is 4.42. The van der Waals surface area contributed by atoms with E-state index in [2.05, 4.69) is 9.80 Å². The van der Waals surface area contributed by atoms with E-state index in [4.69, 9.17) is 23.2 Å². The maximum atomic E-state index is 6.23. The van der Waals surface area contributed by atoms with E-state index in [-0.39, 0.29) is 0 Å². The van der Waals surface area contributed by atoms with Gasteiger partial charge in [0.25, 0.3) is 0 Å². The second-order valence-corrected chi connectivity index (χ2v) is 5.27. The van der Waals surface area contributed by atoms with Gasteiger partial charge in [0, 0.05) is 26.2 Å². The number of rotatable bonds is 2. The topological polar surface area (TPSA) is 6.48 Å². The fourth-order valence-corrected chi connectivity index (χ4v) is 2.07. The van der Waals surface area contributed by atoms with Gasteiger partial charge >= 0.3 is 0 Å². The molecule has 0 aliphatic carbocycles. The van der Waals surface area contributed by atoms with Crippen LogP contribution in [0.15, 0.2) is 21.5 Å². The first kappa shape index (κ1) is 13.7. The summed E-state index contributed by atoms with van der Waals surface area (Å²) in [5, 5.41) is 1.76. The SMILES string of the molecule is CC(C)=C(Cl)N1CCN(C(Cl)=C(C)C)CC1. The fourth-order valence-electron chi connectivity index (χ4n) is 1.73. The van der Waals surface area contributed by atoms with Gasteiger partial charge in [0.05, 0.1) is 0 Å². The molecule has 1 fully saturated rings. The summed E-state index contributed by atoms with van der Waals surface area (Å²) in [6, 6.07) is 0. The van der Waals surface area contributed by atoms with Crippen LogP contribution in [0, 0.1) is 0 Å². The van der Waals surface area contributed by atoms with Crippen molar-refractivity contribution in [3.8, 4) is 0 Å². The molecule has 0 atom stereocenters. The van der Waals surface area contributed by atoms with Crippen LogP contribution in [0.5, 0.6) is 0 Å². The first-order chi connectivity index (χ1) is 7.43. The van der Waals surface area contributed by atoms with Crippen LogP contribution in [0.2, 0.25) is 0 Å². The van der Waals surface area contributed by atoms with Crippen LogP contribution in [0.4, 0.5) is 0 Å². The van der Waals surface area contributed by atoms with Gasteiger partial charge in [-0.05, 0) is 38.8 Å². The number of hydrogen-bond acceptors (Lipinski definition) is 2. The second kappa shape index (κ2) is 5.83. The zero-order valence-corrected chi connectivity index (χ0v) is 12.0. The normalized spacial score (nSPS) is 16.1. The summed E-state index contributed by atoms with van der Waals surface area (Å²) >= 11 is 12.5. The maximum absolute atomic E-state index is 6.23. The van der Waals surface area contributed by atoms with E-state index >= 15 is 0 Å². The van der Waals surface area contributed by atoms with Crippen LogP contribution in [-0.4, -0.2) is 36.0 Å². The van der Waals surface area contributed by atoms with Crippen LogP contribution < -0.4 is 0 Å². The van der Waals surface area contributed by atoms with Gasteiger partial charge < -0.3 is 9.80 Å². The minimum Gasteiger partial charge on any atom is -0.359 e. The summed E-state index contributed by atoms with van der Waals surface area (Å²) in [6.45, 7) is 11.9. The van der Waals surface area contributed by atoms with Crippen LogP contribution in [0.3, 0.4) is 0 Å². The average Bonchev–Trinajstić information content (AvgIpc) is 2.27. The van der Waals surface area contributed by atoms with Crippen molar-refractivity contribution in [3.05, 3.63) is 21.5 Å². The molecule has 4 heteroatoms. The summed E-state index contributed by atoms with van der Waals surface area (Å²) in [6.07, 6.45) is 0. The molecule has 2 nitrogen and oxygen atoms in total. The van der Waals surface area contributed by atoms with Crippen LogP contribution in [-0.2, 0) is 0 Å². The Kier molecular flexibility index (Phi) is 5.00. The predicted octanol–water partition coefficient (Wildman–Crippen LogP) is 3.58. The van der Waals surface area contributed by atoms with Crippen molar-refractivity contribution in [3.63, 3.8) is 0 Å². The van der Waals surface area contributed by atoms with Gasteiger partial charge in [-0.2, -0.15) is 0 Å². The van der Waals surface area contributed by atoms with E-state index in [9.17, 15) is 0 Å². The summed E-state index contributed by atoms with van der Waals surface area (Å²) in [5.41, 5.74) is 2.34. The Balaban J connectivity index is 2.59. The lowest BCUT2D eigenvalue weighted by Crippen LogP contribution is -2.44. The molecule has 0 radical (unpaired) electrons. The molecule has 0 unspecified atom stereocenters. The summed E-state index contributed by atoms with van der Waals surface area (Å²) < 4.78 is 0. The Morgan fingerprint density at radius 3 is 1.12 bits per heavy atom. The van der Waals surface area contributed by atoms with Crippen molar-refractivity contribution in [1.29, 1.82) is 0 Å². The van der Waals surface area contributed by atoms with E-state index in [1.165, 1.54) is 11.1 Å². The summed E-state index contributed by atoms with van der Waals surface area (Å²) in [5.74, 6) is 0. The molecular weight excluding hydrogens is 243 g/mol. The van der Waals surface area contributed by atoms with Crippen LogP contribution >= 0.6 is 23.2 Å². The van der Waals surface area contributed by atoms with Crippen molar-refractivity contribution >= 4 is 23.2 Å². The molecule has 1 saturated heterocycles. The van der Waals surface area contributed by atoms with Gasteiger partial charge in [0.2, 0.25) is 0 Å². The van der Waals surface area contributed by atoms with Gasteiger partial charge in [-0.1, -0.05) is 23.2 Å². The average molecular weight is 263 g/mol. The van der Waals surface area contributed by atoms with E-state index in [0.29, 0.717) is 0 Å². The van der Waals surface area contributed by atoms with Crippen molar-refractivity contribution in [2.75, 3.05) is 26.2 Å². The molecule has 92 valence electrons. The standard InChI is InChI=1S/C12H20Cl2N2/c1-9(2)11(13)15-5-7-16(8-6-15)12(14)10(3)4/h5-8H2,1-4H3. The van der Waals surface area contributed by atoms with Crippen LogP contribution in [0.1, 0.15) is 27.7 Å². The molecule has 0 aromatic carbocycles. The van der Waals surface area contributed by atoms with E-state index in [1.807, 2.05) is 27.7 Å². The molecule has 1 rings (SSSR count). The van der Waals surface area contributed by atoms with E-state index < -0.39 is 0 Å². The molecular formula is C12H20Cl2N2. The van der Waals surface area contributed by atoms with Gasteiger partial charge in [-0.3, -0.25) is 0 Å². The number of hydrogen-bond donors (Lipinski definition) is 0. The van der Waals surface area contributed by atoms with Crippen LogP contribution in [0.25, 0.3) is 0 Å². The Bertz CT molecular complexity index is 273. The highest BCUT2D eigenvalue weighted by atomic mass is 35.5. The third-order valence-electron chi connectivity index (χ3n) is 2.66. The van der Waals surface area contributed by atoms with Crippen molar-refractivity contribution < 1.29 is 0 Å². The molecule has 0 spiro atoms. The number of nitrogens with zero attached hydrogens (tertiary/aromatic N) is 2. The zero-order chi connectivity index (χ0) is 12.3. The molecule has 1 aliphatic heterocycles. The van der Waals surface area contributed by atoms with Crippen molar-refractivity contribution in [2.45, 2.75) is 27.7 Å². The van der Waals surface area contributed by atoms with Gasteiger partial charge in [-0.25, -0.2) is 0 Å². The first-order valence-electron chi connectivity index (χ1n) is 5.59. The molecule has 0 aromatic heterocycles. The lowest BCUT2D eigenvalue weighted by molar-refractivity contribution is 0.206. The maximum Gasteiger partial charge on any atom is 0.103 e. The largest absolute Gasteiger partial charge is 0.359 e. The quantitative estimate of drug-likeness (QED) is 0.702. The lowest BCUT2D eigenvalue weighted by atomic mass is 10.3. The first-order valence-corrected chi connectivity index (χ1v) is 6.35. The minimum absolute atomic E-state index is 0.882. The highest BCUT2D eigenvalue weighted by Gasteiger charge is 2.19. The molecule has 0 N–H and O–H groups in total. The molecule has 0 aromatic rings. The molecule has 0 saturated carbocycles. The second-order valence-electron chi connectivity index (χ2n) is 4.56. The van der Waals surface area contributed by atoms with Gasteiger partial charge in [0.15, 0.2) is 0 Å². The number of allylic oxidation sites excluding steroid dienone is 2. The smallest absolute Gasteiger partial charge is 0.103 e. The van der Waals surface area contributed by atoms with Gasteiger partial charge in [0.1, 0.15) is 10.3 Å². The van der Waals surface area contributed by atoms with E-state index in [0.717, 1.165) is 36.5 Å². The van der Waals surface area contributed by atoms with Gasteiger partial charge in [-0.15, -0.1) is 0 Å². The Morgan fingerprint density at radius 1 is 0.688 bits per heavy atom. The Morgan fingerprint density at radius 2 is 0.938 bits per heavy atom. The molecule has 0 bridgehead atoms. The predicted molar refractivity (Wildman–Crippen MR) is 71.6 cm³/mol. The van der Waals surface area contributed by atoms with Crippen molar-refractivity contribution in [2.24, 2.45) is 0 Å². The molecule has 16 heavy (non-hydrogen) atoms. The highest BCUT2D eigenvalue weighted by Crippen LogP contribution is 2.21. The summed E-state index contributed by atoms with van der Waals surface area (Å²) in [7, 11) is 0. The third kappa shape index (κ3) is 3.33. The zero-order valence-electron chi connectivity index (χ0n) is 10.5. The van der Waals surface area contributed by atoms with E-state index in [1.54, 1.807) is 0 Å². The molecule has 1 heterocycles. The molecule has 1 aliphatic rings. The number of halogens is 2. The Labute approximate surface area is 108 Å². The number of piperazine rings is 1. The van der Waals surface area contributed by atoms with Crippen molar-refractivity contribution in [1.82, 2.24) is 9.80 Å². The molecule has 0 amide bonds. The Hall–Kier alpha value is -0.340. The third-order valence-corrected chi connectivity index (χ3v) is 3.89. The lowest BCUT2D eigenvalue weighted by Gasteiger charge is -2.37. The minimum atomic E-state index is 0.882. The fraction of sp³-hybridized carbons (Fsp3) is 0.667. The highest BCUT2D eigenvalue weighted by molar-refractivity contribution is 6.29. The monoisotopic (exact) mass is 262 g/mol.